The summed E-state index contributed by atoms with van der Waals surface area (Å²) in [4.78, 5) is 34.9. The van der Waals surface area contributed by atoms with Crippen LogP contribution in [0.25, 0.3) is 0 Å². The van der Waals surface area contributed by atoms with E-state index in [0.29, 0.717) is 10.8 Å². The first kappa shape index (κ1) is 20.5. The van der Waals surface area contributed by atoms with Gasteiger partial charge in [0, 0.05) is 16.1 Å². The number of carbonyl (C=O) groups excluding carboxylic acids is 2. The van der Waals surface area contributed by atoms with Gasteiger partial charge in [-0.15, -0.1) is 0 Å². The van der Waals surface area contributed by atoms with Crippen LogP contribution in [-0.2, 0) is 9.53 Å². The largest absolute Gasteiger partial charge is 0.495 e. The van der Waals surface area contributed by atoms with Crippen LogP contribution < -0.4 is 10.1 Å². The molecular formula is C17H14Cl2N2O6. The maximum absolute atomic E-state index is 12.3. The van der Waals surface area contributed by atoms with Gasteiger partial charge < -0.3 is 14.8 Å². The molecule has 0 aliphatic heterocycles. The second-order valence-corrected chi connectivity index (χ2v) is 6.17. The van der Waals surface area contributed by atoms with Crippen molar-refractivity contribution in [1.82, 2.24) is 0 Å². The minimum atomic E-state index is -1.25. The first-order chi connectivity index (χ1) is 12.7. The summed E-state index contributed by atoms with van der Waals surface area (Å²) in [6.07, 6.45) is -1.25. The Bertz CT molecular complexity index is 903. The highest BCUT2D eigenvalue weighted by Crippen LogP contribution is 2.28. The number of rotatable bonds is 6. The Balaban J connectivity index is 2.15. The van der Waals surface area contributed by atoms with Gasteiger partial charge in [0.15, 0.2) is 6.10 Å². The van der Waals surface area contributed by atoms with Crippen LogP contribution in [0.4, 0.5) is 11.4 Å². The van der Waals surface area contributed by atoms with E-state index in [4.69, 9.17) is 32.7 Å². The van der Waals surface area contributed by atoms with Crippen molar-refractivity contribution in [2.24, 2.45) is 0 Å². The number of anilines is 1. The quantitative estimate of drug-likeness (QED) is 0.434. The number of hydrogen-bond acceptors (Lipinski definition) is 6. The molecule has 0 radical (unpaired) electrons. The lowest BCUT2D eigenvalue weighted by Gasteiger charge is -2.15. The van der Waals surface area contributed by atoms with Gasteiger partial charge in [-0.25, -0.2) is 4.79 Å². The minimum Gasteiger partial charge on any atom is -0.495 e. The van der Waals surface area contributed by atoms with E-state index < -0.39 is 28.6 Å². The van der Waals surface area contributed by atoms with Crippen molar-refractivity contribution in [3.8, 4) is 5.75 Å². The smallest absolute Gasteiger partial charge is 0.345 e. The Labute approximate surface area is 164 Å². The summed E-state index contributed by atoms with van der Waals surface area (Å²) in [5, 5.41) is 14.1. The van der Waals surface area contributed by atoms with E-state index >= 15 is 0 Å². The molecule has 2 rings (SSSR count). The number of carbonyl (C=O) groups is 2. The molecule has 0 saturated heterocycles. The topological polar surface area (TPSA) is 108 Å². The summed E-state index contributed by atoms with van der Waals surface area (Å²) >= 11 is 11.7. The fraction of sp³-hybridized carbons (Fsp3) is 0.176. The lowest BCUT2D eigenvalue weighted by atomic mass is 10.2. The highest BCUT2D eigenvalue weighted by molar-refractivity contribution is 6.31. The molecular weight excluding hydrogens is 399 g/mol. The third-order valence-electron chi connectivity index (χ3n) is 3.45. The van der Waals surface area contributed by atoms with Gasteiger partial charge in [-0.1, -0.05) is 23.2 Å². The summed E-state index contributed by atoms with van der Waals surface area (Å²) in [5.74, 6) is -1.37. The van der Waals surface area contributed by atoms with Gasteiger partial charge in [0.25, 0.3) is 11.6 Å². The highest BCUT2D eigenvalue weighted by atomic mass is 35.5. The normalized spacial score (nSPS) is 11.4. The third kappa shape index (κ3) is 5.08. The third-order valence-corrected chi connectivity index (χ3v) is 3.92. The average molecular weight is 413 g/mol. The standard InChI is InChI=1S/C17H14Cl2N2O6/c1-9(16(22)20-13-8-11(19)4-6-15(13)26-2)27-17(23)12-7-10(18)3-5-14(12)21(24)25/h3-9H,1-2H3,(H,20,22)/t9-/m0/s1. The van der Waals surface area contributed by atoms with Crippen LogP contribution in [0.5, 0.6) is 5.75 Å². The lowest BCUT2D eigenvalue weighted by molar-refractivity contribution is -0.385. The van der Waals surface area contributed by atoms with Crippen LogP contribution in [-0.4, -0.2) is 30.0 Å². The molecule has 2 aromatic carbocycles. The summed E-state index contributed by atoms with van der Waals surface area (Å²) in [7, 11) is 1.42. The zero-order chi connectivity index (χ0) is 20.1. The number of amides is 1. The zero-order valence-corrected chi connectivity index (χ0v) is 15.7. The number of benzene rings is 2. The molecule has 0 fully saturated rings. The molecule has 0 aliphatic rings. The van der Waals surface area contributed by atoms with Gasteiger partial charge >= 0.3 is 5.97 Å². The van der Waals surface area contributed by atoms with Crippen LogP contribution >= 0.6 is 23.2 Å². The summed E-state index contributed by atoms with van der Waals surface area (Å²) in [6, 6.07) is 8.07. The van der Waals surface area contributed by atoms with Gasteiger partial charge in [-0.3, -0.25) is 14.9 Å². The van der Waals surface area contributed by atoms with Crippen molar-refractivity contribution >= 4 is 46.5 Å². The number of esters is 1. The molecule has 142 valence electrons. The summed E-state index contributed by atoms with van der Waals surface area (Å²) in [5.41, 5.74) is -0.548. The first-order valence-electron chi connectivity index (χ1n) is 7.52. The van der Waals surface area contributed by atoms with E-state index in [1.54, 1.807) is 12.1 Å². The predicted octanol–water partition coefficient (Wildman–Crippen LogP) is 4.09. The van der Waals surface area contributed by atoms with Crippen molar-refractivity contribution in [2.75, 3.05) is 12.4 Å². The Morgan fingerprint density at radius 2 is 1.78 bits per heavy atom. The average Bonchev–Trinajstić information content (AvgIpc) is 2.61. The molecule has 0 aromatic heterocycles. The molecule has 0 saturated carbocycles. The van der Waals surface area contributed by atoms with E-state index in [1.165, 1.54) is 26.2 Å². The second-order valence-electron chi connectivity index (χ2n) is 5.30. The molecule has 0 unspecified atom stereocenters. The molecule has 0 spiro atoms. The van der Waals surface area contributed by atoms with Gasteiger partial charge in [-0.2, -0.15) is 0 Å². The molecule has 27 heavy (non-hydrogen) atoms. The molecule has 8 nitrogen and oxygen atoms in total. The van der Waals surface area contributed by atoms with Crippen molar-refractivity contribution < 1.29 is 24.0 Å². The van der Waals surface area contributed by atoms with Crippen LogP contribution in [0.1, 0.15) is 17.3 Å². The van der Waals surface area contributed by atoms with Gasteiger partial charge in [-0.05, 0) is 37.3 Å². The fourth-order valence-electron chi connectivity index (χ4n) is 2.12. The fourth-order valence-corrected chi connectivity index (χ4v) is 2.46. The maximum Gasteiger partial charge on any atom is 0.345 e. The molecule has 1 atom stereocenters. The van der Waals surface area contributed by atoms with Gasteiger partial charge in [0.05, 0.1) is 17.7 Å². The number of ether oxygens (including phenoxy) is 2. The predicted molar refractivity (Wildman–Crippen MR) is 99.6 cm³/mol. The monoisotopic (exact) mass is 412 g/mol. The summed E-state index contributed by atoms with van der Waals surface area (Å²) < 4.78 is 10.1. The number of halogens is 2. The number of nitro groups is 1. The van der Waals surface area contributed by atoms with E-state index in [2.05, 4.69) is 5.32 Å². The second kappa shape index (κ2) is 8.70. The van der Waals surface area contributed by atoms with Crippen molar-refractivity contribution in [2.45, 2.75) is 13.0 Å². The molecule has 1 amide bonds. The van der Waals surface area contributed by atoms with E-state index in [9.17, 15) is 19.7 Å². The lowest BCUT2D eigenvalue weighted by Crippen LogP contribution is -2.30. The molecule has 1 N–H and O–H groups in total. The van der Waals surface area contributed by atoms with Crippen molar-refractivity contribution in [1.29, 1.82) is 0 Å². The number of nitrogens with one attached hydrogen (secondary N) is 1. The maximum atomic E-state index is 12.3. The number of nitrogens with zero attached hydrogens (tertiary/aromatic N) is 1. The molecule has 0 bridgehead atoms. The van der Waals surface area contributed by atoms with E-state index in [1.807, 2.05) is 0 Å². The SMILES string of the molecule is COc1ccc(Cl)cc1NC(=O)[C@H](C)OC(=O)c1cc(Cl)ccc1[N+](=O)[O-]. The Morgan fingerprint density at radius 1 is 1.15 bits per heavy atom. The van der Waals surface area contributed by atoms with Crippen molar-refractivity contribution in [3.63, 3.8) is 0 Å². The van der Waals surface area contributed by atoms with Crippen LogP contribution in [0.3, 0.4) is 0 Å². The molecule has 0 aliphatic carbocycles. The molecule has 10 heteroatoms. The zero-order valence-electron chi connectivity index (χ0n) is 14.2. The Kier molecular flexibility index (Phi) is 6.59. The number of nitro benzene ring substituents is 1. The van der Waals surface area contributed by atoms with Gasteiger partial charge in [0.2, 0.25) is 0 Å². The number of methoxy groups -OCH3 is 1. The number of hydrogen-bond donors (Lipinski definition) is 1. The van der Waals surface area contributed by atoms with E-state index in [-0.39, 0.29) is 16.3 Å². The first-order valence-corrected chi connectivity index (χ1v) is 8.28. The van der Waals surface area contributed by atoms with Crippen LogP contribution in [0, 0.1) is 10.1 Å². The van der Waals surface area contributed by atoms with Crippen LogP contribution in [0.15, 0.2) is 36.4 Å². The summed E-state index contributed by atoms with van der Waals surface area (Å²) in [6.45, 7) is 1.32. The van der Waals surface area contributed by atoms with Gasteiger partial charge in [0.1, 0.15) is 11.3 Å². The van der Waals surface area contributed by atoms with E-state index in [0.717, 1.165) is 12.1 Å². The van der Waals surface area contributed by atoms with Crippen LogP contribution in [0.2, 0.25) is 10.0 Å². The molecule has 0 heterocycles. The minimum absolute atomic E-state index is 0.119. The van der Waals surface area contributed by atoms with Crippen molar-refractivity contribution in [3.05, 3.63) is 62.1 Å². The highest BCUT2D eigenvalue weighted by Gasteiger charge is 2.26. The Morgan fingerprint density at radius 3 is 2.41 bits per heavy atom. The molecule has 2 aromatic rings. The Hall–Kier alpha value is -2.84.